The molecule has 3 rings (SSSR count). The minimum atomic E-state index is -1.63. The summed E-state index contributed by atoms with van der Waals surface area (Å²) in [5, 5.41) is 25.7. The molecule has 10 nitrogen and oxygen atoms in total. The molecule has 2 heterocycles. The van der Waals surface area contributed by atoms with Crippen LogP contribution in [0.3, 0.4) is 0 Å². The second kappa shape index (κ2) is 9.41. The molecule has 0 spiro atoms. The second-order valence-electron chi connectivity index (χ2n) is 7.94. The number of nitrogens with zero attached hydrogens (tertiary/aromatic N) is 4. The van der Waals surface area contributed by atoms with Crippen LogP contribution in [0.25, 0.3) is 0 Å². The van der Waals surface area contributed by atoms with Crippen LogP contribution < -0.4 is 11.1 Å². The molecule has 2 unspecified atom stereocenters. The molecule has 1 aliphatic heterocycles. The van der Waals surface area contributed by atoms with E-state index in [2.05, 4.69) is 15.2 Å². The summed E-state index contributed by atoms with van der Waals surface area (Å²) in [5.74, 6) is -1.67. The number of aromatic hydroxyl groups is 1. The van der Waals surface area contributed by atoms with Crippen molar-refractivity contribution in [3.63, 3.8) is 0 Å². The second-order valence-corrected chi connectivity index (χ2v) is 7.94. The average molecular weight is 462 g/mol. The number of nitriles is 1. The first kappa shape index (κ1) is 23.9. The van der Waals surface area contributed by atoms with Crippen molar-refractivity contribution < 1.29 is 28.2 Å². The third-order valence-electron chi connectivity index (χ3n) is 5.85. The topological polar surface area (TPSA) is 146 Å². The Morgan fingerprint density at radius 2 is 2.21 bits per heavy atom. The van der Waals surface area contributed by atoms with Crippen molar-refractivity contribution in [3.05, 3.63) is 40.8 Å². The molecule has 1 aromatic heterocycles. The number of methoxy groups -OCH3 is 1. The lowest BCUT2D eigenvalue weighted by Gasteiger charge is -2.43. The number of alkyl halides is 1. The van der Waals surface area contributed by atoms with Gasteiger partial charge in [0, 0.05) is 31.4 Å². The van der Waals surface area contributed by atoms with Crippen LogP contribution in [0.2, 0.25) is 0 Å². The fraction of sp³-hybridized carbons (Fsp3) is 0.429. The number of hydrogen-bond acceptors (Lipinski definition) is 7. The van der Waals surface area contributed by atoms with E-state index in [-0.39, 0.29) is 55.2 Å². The number of amides is 2. The molecule has 0 saturated carbocycles. The monoisotopic (exact) mass is 462 g/mol. The maximum absolute atomic E-state index is 15.6. The predicted octanol–water partition coefficient (Wildman–Crippen LogP) is 2.17. The van der Waals surface area contributed by atoms with Gasteiger partial charge in [-0.1, -0.05) is 0 Å². The fourth-order valence-corrected chi connectivity index (χ4v) is 3.90. The average Bonchev–Trinajstić information content (AvgIpc) is 3.18. The summed E-state index contributed by atoms with van der Waals surface area (Å²) in [5.41, 5.74) is 4.39. The summed E-state index contributed by atoms with van der Waals surface area (Å²) in [7, 11) is 1.12. The molecule has 176 valence electrons. The van der Waals surface area contributed by atoms with Crippen LogP contribution in [-0.2, 0) is 16.8 Å². The molecule has 33 heavy (non-hydrogen) atoms. The number of primary amides is 1. The van der Waals surface area contributed by atoms with Crippen LogP contribution in [0.15, 0.2) is 18.3 Å². The zero-order valence-corrected chi connectivity index (χ0v) is 18.1. The van der Waals surface area contributed by atoms with Gasteiger partial charge in [0.15, 0.2) is 5.82 Å². The van der Waals surface area contributed by atoms with E-state index in [1.807, 2.05) is 6.07 Å². The highest BCUT2D eigenvalue weighted by Gasteiger charge is 2.46. The van der Waals surface area contributed by atoms with Crippen LogP contribution in [0.5, 0.6) is 5.75 Å². The molecule has 1 aliphatic rings. The molecular weight excluding hydrogens is 438 g/mol. The van der Waals surface area contributed by atoms with Gasteiger partial charge >= 0.3 is 6.09 Å². The summed E-state index contributed by atoms with van der Waals surface area (Å²) in [4.78, 5) is 25.1. The van der Waals surface area contributed by atoms with Gasteiger partial charge in [0.25, 0.3) is 5.91 Å². The molecule has 1 aromatic carbocycles. The molecule has 4 N–H and O–H groups in total. The Balaban J connectivity index is 1.88. The van der Waals surface area contributed by atoms with Gasteiger partial charge in [0.05, 0.1) is 19.6 Å². The van der Waals surface area contributed by atoms with Crippen molar-refractivity contribution in [2.75, 3.05) is 25.5 Å². The summed E-state index contributed by atoms with van der Waals surface area (Å²) >= 11 is 0. The van der Waals surface area contributed by atoms with Crippen molar-refractivity contribution in [1.29, 1.82) is 5.26 Å². The number of nitrogens with two attached hydrogens (primary N) is 1. The van der Waals surface area contributed by atoms with Gasteiger partial charge in [0.2, 0.25) is 0 Å². The van der Waals surface area contributed by atoms with Gasteiger partial charge in [0.1, 0.15) is 28.8 Å². The molecular formula is C21H24F2N6O4. The smallest absolute Gasteiger partial charge is 0.412 e. The fourth-order valence-electron chi connectivity index (χ4n) is 3.90. The van der Waals surface area contributed by atoms with E-state index < -0.39 is 29.5 Å². The number of phenols is 1. The molecule has 0 bridgehead atoms. The lowest BCUT2D eigenvalue weighted by molar-refractivity contribution is 0.00657. The van der Waals surface area contributed by atoms with Crippen LogP contribution in [0, 0.1) is 24.1 Å². The first-order valence-corrected chi connectivity index (χ1v) is 10.1. The number of aromatic nitrogens is 2. The number of carbonyl (C=O) groups excluding carboxylic acids is 2. The van der Waals surface area contributed by atoms with Crippen molar-refractivity contribution in [3.8, 4) is 11.8 Å². The zero-order valence-electron chi connectivity index (χ0n) is 18.1. The molecule has 2 amide bonds. The van der Waals surface area contributed by atoms with Crippen LogP contribution >= 0.6 is 0 Å². The highest BCUT2D eigenvalue weighted by Crippen LogP contribution is 2.37. The molecule has 0 aliphatic carbocycles. The molecule has 1 saturated heterocycles. The lowest BCUT2D eigenvalue weighted by Crippen LogP contribution is -2.54. The van der Waals surface area contributed by atoms with Gasteiger partial charge in [-0.25, -0.2) is 13.6 Å². The van der Waals surface area contributed by atoms with E-state index >= 15 is 4.39 Å². The minimum Gasteiger partial charge on any atom is -0.508 e. The van der Waals surface area contributed by atoms with Crippen LogP contribution in [0.1, 0.15) is 34.3 Å². The number of benzene rings is 1. The number of halogens is 2. The first-order chi connectivity index (χ1) is 15.6. The molecule has 1 fully saturated rings. The van der Waals surface area contributed by atoms with Crippen LogP contribution in [0.4, 0.5) is 19.4 Å². The van der Waals surface area contributed by atoms with E-state index in [9.17, 15) is 24.3 Å². The number of anilines is 1. The number of likely N-dealkylation sites (tertiary alicyclic amines) is 1. The summed E-state index contributed by atoms with van der Waals surface area (Å²) < 4.78 is 35.6. The normalized spacial score (nSPS) is 20.8. The number of piperidine rings is 1. The lowest BCUT2D eigenvalue weighted by atomic mass is 9.83. The molecule has 2 atom stereocenters. The standard InChI is InChI=1S/C21H24F2N6O4/c1-12-7-15(22)13(8-16(12)30)9-28-6-4-21(3-5-24,17(23)11-28)29-10-14(18(25)31)19(27-29)26-20(32)33-2/h7-8,10,17,30H,3-4,6,9,11H2,1-2H3,(H2,25,31)(H,26,27,32). The van der Waals surface area contributed by atoms with Crippen molar-refractivity contribution in [2.45, 2.75) is 38.0 Å². The van der Waals surface area contributed by atoms with Crippen molar-refractivity contribution >= 4 is 17.8 Å². The van der Waals surface area contributed by atoms with Crippen molar-refractivity contribution in [1.82, 2.24) is 14.7 Å². The maximum Gasteiger partial charge on any atom is 0.412 e. The van der Waals surface area contributed by atoms with E-state index in [0.717, 1.165) is 11.8 Å². The number of ether oxygens (including phenoxy) is 1. The number of rotatable bonds is 6. The number of carbonyl (C=O) groups is 2. The third-order valence-corrected chi connectivity index (χ3v) is 5.85. The number of phenolic OH excluding ortho intramolecular Hbond substituents is 1. The van der Waals surface area contributed by atoms with Crippen LogP contribution in [-0.4, -0.2) is 58.2 Å². The van der Waals surface area contributed by atoms with E-state index in [1.54, 1.807) is 11.8 Å². The van der Waals surface area contributed by atoms with E-state index in [0.29, 0.717) is 5.56 Å². The van der Waals surface area contributed by atoms with E-state index in [4.69, 9.17) is 5.73 Å². The van der Waals surface area contributed by atoms with Gasteiger partial charge in [-0.05, 0) is 31.0 Å². The Hall–Kier alpha value is -3.72. The van der Waals surface area contributed by atoms with Gasteiger partial charge < -0.3 is 15.6 Å². The molecule has 0 radical (unpaired) electrons. The minimum absolute atomic E-state index is 0.0554. The molecule has 12 heteroatoms. The zero-order chi connectivity index (χ0) is 24.3. The SMILES string of the molecule is COC(=O)Nc1nn(C2(CC#N)CCN(Cc3cc(O)c(C)cc3F)CC2F)cc1C(N)=O. The Kier molecular flexibility index (Phi) is 6.83. The van der Waals surface area contributed by atoms with E-state index in [1.165, 1.54) is 18.3 Å². The molecule has 2 aromatic rings. The Morgan fingerprint density at radius 3 is 2.82 bits per heavy atom. The predicted molar refractivity (Wildman–Crippen MR) is 113 cm³/mol. The Labute approximate surface area is 188 Å². The number of nitrogens with one attached hydrogen (secondary N) is 1. The Bertz CT molecular complexity index is 1110. The summed E-state index contributed by atoms with van der Waals surface area (Å²) in [6, 6.07) is 4.49. The number of hydrogen-bond donors (Lipinski definition) is 3. The van der Waals surface area contributed by atoms with Gasteiger partial charge in [-0.3, -0.25) is 19.7 Å². The largest absolute Gasteiger partial charge is 0.508 e. The summed E-state index contributed by atoms with van der Waals surface area (Å²) in [6.07, 6.45) is -1.48. The van der Waals surface area contributed by atoms with Gasteiger partial charge in [-0.15, -0.1) is 0 Å². The third kappa shape index (κ3) is 4.73. The highest BCUT2D eigenvalue weighted by molar-refractivity contribution is 6.00. The van der Waals surface area contributed by atoms with Crippen molar-refractivity contribution in [2.24, 2.45) is 5.73 Å². The number of aryl methyl sites for hydroxylation is 1. The first-order valence-electron chi connectivity index (χ1n) is 10.1. The quantitative estimate of drug-likeness (QED) is 0.596. The Morgan fingerprint density at radius 1 is 1.48 bits per heavy atom. The van der Waals surface area contributed by atoms with Gasteiger partial charge in [-0.2, -0.15) is 10.4 Å². The summed E-state index contributed by atoms with van der Waals surface area (Å²) in [6.45, 7) is 1.76. The maximum atomic E-state index is 15.6. The highest BCUT2D eigenvalue weighted by atomic mass is 19.1.